The Balaban J connectivity index is 2.57. The van der Waals surface area contributed by atoms with Crippen LogP contribution < -0.4 is 0 Å². The number of hydrazine groups is 1. The molecule has 26 heavy (non-hydrogen) atoms. The van der Waals surface area contributed by atoms with Crippen LogP contribution in [0.15, 0.2) is 0 Å². The van der Waals surface area contributed by atoms with Crippen molar-refractivity contribution in [1.29, 1.82) is 0 Å². The van der Waals surface area contributed by atoms with Crippen LogP contribution in [-0.2, 0) is 38.2 Å². The van der Waals surface area contributed by atoms with Gasteiger partial charge in [0.1, 0.15) is 13.1 Å². The average Bonchev–Trinajstić information content (AvgIpc) is 2.58. The maximum absolute atomic E-state index is 11.0. The molecule has 1 saturated heterocycles. The molecule has 0 atom stereocenters. The number of rotatable bonds is 4. The molecule has 0 spiro atoms. The van der Waals surface area contributed by atoms with Gasteiger partial charge in [-0.1, -0.05) is 10.3 Å². The van der Waals surface area contributed by atoms with Crippen LogP contribution in [0.1, 0.15) is 0 Å². The standard InChI is InChI=1S/C14H26N2O10/c17-13(18)11-15-16(12-14(19)20)26-10-8-24-6-4-22-2-1-21-3-5-23-7-9-25-15/h1-12H2,(H,17,18)(H,19,20). The zero-order valence-electron chi connectivity index (χ0n) is 14.5. The Morgan fingerprint density at radius 3 is 1.12 bits per heavy atom. The lowest BCUT2D eigenvalue weighted by atomic mass is 10.6. The van der Waals surface area contributed by atoms with Crippen molar-refractivity contribution in [2.75, 3.05) is 79.2 Å². The second kappa shape index (κ2) is 14.8. The Morgan fingerprint density at radius 1 is 0.577 bits per heavy atom. The maximum atomic E-state index is 11.0. The summed E-state index contributed by atoms with van der Waals surface area (Å²) in [6.45, 7) is 1.45. The first-order valence-corrected chi connectivity index (χ1v) is 8.15. The molecule has 1 rings (SSSR count). The van der Waals surface area contributed by atoms with E-state index in [2.05, 4.69) is 0 Å². The minimum absolute atomic E-state index is 0.00632. The quantitative estimate of drug-likeness (QED) is 0.593. The van der Waals surface area contributed by atoms with Gasteiger partial charge >= 0.3 is 11.9 Å². The SMILES string of the molecule is O=C(O)CN1OCCOCCOCCOCCOCCON1CC(=O)O. The number of carboxylic acids is 2. The molecule has 1 fully saturated rings. The number of hydroxylamine groups is 2. The molecule has 1 aliphatic heterocycles. The molecule has 12 heteroatoms. The molecule has 1 aliphatic rings. The summed E-state index contributed by atoms with van der Waals surface area (Å²) >= 11 is 0. The van der Waals surface area contributed by atoms with Gasteiger partial charge in [0.2, 0.25) is 0 Å². The van der Waals surface area contributed by atoms with Gasteiger partial charge in [0.25, 0.3) is 0 Å². The predicted octanol–water partition coefficient (Wildman–Crippen LogP) is -1.38. The smallest absolute Gasteiger partial charge is 0.321 e. The second-order valence-electron chi connectivity index (χ2n) is 4.92. The molecule has 0 aromatic rings. The minimum Gasteiger partial charge on any atom is -0.480 e. The largest absolute Gasteiger partial charge is 0.480 e. The van der Waals surface area contributed by atoms with E-state index in [9.17, 15) is 9.59 Å². The first kappa shape index (κ1) is 22.7. The number of carboxylic acid groups (broad SMARTS) is 2. The van der Waals surface area contributed by atoms with Gasteiger partial charge in [0.15, 0.2) is 0 Å². The van der Waals surface area contributed by atoms with Gasteiger partial charge in [-0.15, -0.1) is 0 Å². The lowest BCUT2D eigenvalue weighted by Crippen LogP contribution is -2.48. The Morgan fingerprint density at radius 2 is 0.846 bits per heavy atom. The monoisotopic (exact) mass is 382 g/mol. The zero-order valence-corrected chi connectivity index (χ0v) is 14.5. The molecule has 0 unspecified atom stereocenters. The molecule has 0 aliphatic carbocycles. The van der Waals surface area contributed by atoms with Gasteiger partial charge in [-0.3, -0.25) is 19.3 Å². The fourth-order valence-corrected chi connectivity index (χ4v) is 1.77. The third-order valence-electron chi connectivity index (χ3n) is 2.84. The lowest BCUT2D eigenvalue weighted by Gasteiger charge is -2.30. The van der Waals surface area contributed by atoms with Crippen LogP contribution in [0.5, 0.6) is 0 Å². The highest BCUT2D eigenvalue weighted by atomic mass is 16.8. The van der Waals surface area contributed by atoms with Crippen LogP contribution in [0.3, 0.4) is 0 Å². The Kier molecular flexibility index (Phi) is 12.9. The van der Waals surface area contributed by atoms with E-state index >= 15 is 0 Å². The number of hydrogen-bond acceptors (Lipinski definition) is 10. The summed E-state index contributed by atoms with van der Waals surface area (Å²) in [4.78, 5) is 32.5. The third kappa shape index (κ3) is 12.1. The number of carbonyl (C=O) groups is 2. The first-order chi connectivity index (χ1) is 12.6. The van der Waals surface area contributed by atoms with Crippen molar-refractivity contribution in [1.82, 2.24) is 10.3 Å². The summed E-state index contributed by atoms with van der Waals surface area (Å²) in [7, 11) is 0. The normalized spacial score (nSPS) is 21.5. The van der Waals surface area contributed by atoms with Crippen LogP contribution in [0.25, 0.3) is 0 Å². The van der Waals surface area contributed by atoms with Crippen molar-refractivity contribution < 1.29 is 48.4 Å². The van der Waals surface area contributed by atoms with Crippen molar-refractivity contribution >= 4 is 11.9 Å². The van der Waals surface area contributed by atoms with E-state index in [1.807, 2.05) is 0 Å². The van der Waals surface area contributed by atoms with E-state index in [-0.39, 0.29) is 26.4 Å². The summed E-state index contributed by atoms with van der Waals surface area (Å²) in [5, 5.41) is 19.6. The van der Waals surface area contributed by atoms with Crippen LogP contribution in [-0.4, -0.2) is 112 Å². The summed E-state index contributed by atoms with van der Waals surface area (Å²) < 4.78 is 21.2. The van der Waals surface area contributed by atoms with Gasteiger partial charge in [-0.05, 0) is 0 Å². The average molecular weight is 382 g/mol. The summed E-state index contributed by atoms with van der Waals surface area (Å²) in [6, 6.07) is 0. The highest BCUT2D eigenvalue weighted by molar-refractivity contribution is 5.70. The van der Waals surface area contributed by atoms with Crippen LogP contribution >= 0.6 is 0 Å². The Labute approximate surface area is 150 Å². The highest BCUT2D eigenvalue weighted by Crippen LogP contribution is 2.02. The van der Waals surface area contributed by atoms with E-state index in [0.717, 1.165) is 10.3 Å². The summed E-state index contributed by atoms with van der Waals surface area (Å²) in [5.74, 6) is -2.43. The molecule has 12 nitrogen and oxygen atoms in total. The van der Waals surface area contributed by atoms with Crippen LogP contribution in [0, 0.1) is 0 Å². The molecule has 0 aromatic carbocycles. The van der Waals surface area contributed by atoms with Gasteiger partial charge in [0.05, 0.1) is 66.1 Å². The van der Waals surface area contributed by atoms with Crippen molar-refractivity contribution in [2.45, 2.75) is 0 Å². The molecular formula is C14H26N2O10. The molecule has 0 radical (unpaired) electrons. The molecular weight excluding hydrogens is 356 g/mol. The minimum atomic E-state index is -1.21. The van der Waals surface area contributed by atoms with E-state index in [4.69, 9.17) is 38.8 Å². The van der Waals surface area contributed by atoms with Gasteiger partial charge in [-0.25, -0.2) is 0 Å². The molecule has 1 heterocycles. The number of ether oxygens (including phenoxy) is 4. The van der Waals surface area contributed by atoms with Gasteiger partial charge in [0, 0.05) is 0 Å². The molecule has 0 amide bonds. The van der Waals surface area contributed by atoms with Crippen molar-refractivity contribution in [3.63, 3.8) is 0 Å². The van der Waals surface area contributed by atoms with Gasteiger partial charge in [-0.2, -0.15) is 0 Å². The Hall–Kier alpha value is -1.38. The van der Waals surface area contributed by atoms with Crippen molar-refractivity contribution in [3.8, 4) is 0 Å². The molecule has 0 aromatic heterocycles. The van der Waals surface area contributed by atoms with Crippen LogP contribution in [0.2, 0.25) is 0 Å². The number of nitrogens with zero attached hydrogens (tertiary/aromatic N) is 2. The third-order valence-corrected chi connectivity index (χ3v) is 2.84. The Bertz CT molecular complexity index is 362. The van der Waals surface area contributed by atoms with E-state index in [1.165, 1.54) is 0 Å². The summed E-state index contributed by atoms with van der Waals surface area (Å²) in [6.07, 6.45) is 0. The zero-order chi connectivity index (χ0) is 19.0. The van der Waals surface area contributed by atoms with Gasteiger partial charge < -0.3 is 29.2 Å². The summed E-state index contributed by atoms with van der Waals surface area (Å²) in [5.41, 5.74) is 0. The fraction of sp³-hybridized carbons (Fsp3) is 0.857. The molecule has 0 saturated carbocycles. The molecule has 0 bridgehead atoms. The van der Waals surface area contributed by atoms with Crippen molar-refractivity contribution in [2.24, 2.45) is 0 Å². The topological polar surface area (TPSA) is 136 Å². The maximum Gasteiger partial charge on any atom is 0.321 e. The molecule has 2 N–H and O–H groups in total. The predicted molar refractivity (Wildman–Crippen MR) is 83.9 cm³/mol. The van der Waals surface area contributed by atoms with E-state index in [1.54, 1.807) is 0 Å². The number of hydrogen-bond donors (Lipinski definition) is 2. The second-order valence-corrected chi connectivity index (χ2v) is 4.92. The van der Waals surface area contributed by atoms with Crippen LogP contribution in [0.4, 0.5) is 0 Å². The van der Waals surface area contributed by atoms with E-state index in [0.29, 0.717) is 39.6 Å². The lowest BCUT2D eigenvalue weighted by molar-refractivity contribution is -0.402. The first-order valence-electron chi connectivity index (χ1n) is 8.15. The van der Waals surface area contributed by atoms with E-state index < -0.39 is 25.0 Å². The fourth-order valence-electron chi connectivity index (χ4n) is 1.77. The number of aliphatic carboxylic acids is 2. The highest BCUT2D eigenvalue weighted by Gasteiger charge is 2.23. The van der Waals surface area contributed by atoms with Crippen molar-refractivity contribution in [3.05, 3.63) is 0 Å². The molecule has 152 valence electrons.